The van der Waals surface area contributed by atoms with Crippen LogP contribution in [0.1, 0.15) is 82.6 Å². The number of hydrogen-bond acceptors (Lipinski definition) is 13. The number of hydrogen-bond donors (Lipinski definition) is 11. The Morgan fingerprint density at radius 1 is 0.729 bits per heavy atom. The fourth-order valence-corrected chi connectivity index (χ4v) is 5.57. The van der Waals surface area contributed by atoms with Gasteiger partial charge in [0.05, 0.1) is 25.3 Å². The number of aliphatic hydroxyl groups is 2. The van der Waals surface area contributed by atoms with Gasteiger partial charge in [-0.15, -0.1) is 0 Å². The molecule has 0 aliphatic heterocycles. The van der Waals surface area contributed by atoms with Crippen molar-refractivity contribution in [2.24, 2.45) is 17.4 Å². The minimum atomic E-state index is -1.79. The molecule has 1 rings (SSSR count). The van der Waals surface area contributed by atoms with Crippen LogP contribution in [0.3, 0.4) is 0 Å². The van der Waals surface area contributed by atoms with Gasteiger partial charge in [-0.3, -0.25) is 43.2 Å². The first-order valence-corrected chi connectivity index (χ1v) is 19.4. The highest BCUT2D eigenvalue weighted by atomic mass is 16.3. The first-order valence-electron chi connectivity index (χ1n) is 19.4. The number of benzene rings is 1. The molecule has 0 aromatic heterocycles. The molecule has 21 nitrogen and oxygen atoms in total. The number of ketones is 1. The van der Waals surface area contributed by atoms with Crippen LogP contribution in [-0.4, -0.2) is 138 Å². The van der Waals surface area contributed by atoms with E-state index in [4.69, 9.17) is 11.5 Å². The standard InChI is InChI=1S/C38H62N10O11/c1-8-9-10-11-12-23-13-15-24(16-14-23)32(53)45-26(19-49)34(55)46-30(39)37(58)42-18-27(51)48(7)28(22(5)50)35(56)47-31(40)38(59)44-25(17-20(2)3)33(54)43-21(4)29(52)36(57)41-6/h13-16,20-22,25-26,28,30-31,49-50H,8-12,17-19,39-40H2,1-7H3,(H,41,57)(H,42,58)(H,43,54)(H,44,59)(H,45,53)(H,46,55)(H,47,56)/t21?,22?,25-,26+,28-,30-,31+/m0/s1. The van der Waals surface area contributed by atoms with Crippen LogP contribution in [0.2, 0.25) is 0 Å². The Labute approximate surface area is 343 Å². The van der Waals surface area contributed by atoms with Crippen molar-refractivity contribution in [3.8, 4) is 0 Å². The SMILES string of the molecule is CCCCCCc1ccc(C(=O)N[C@H](CO)C(=O)N[C@H](N)C(=O)NCC(=O)N(C)[C@H](C(=O)N[C@@H](N)C(=O)N[C@@H](CC(C)C)C(=O)NC(C)C(=O)C(=O)NC)C(C)O)cc1. The number of nitrogens with two attached hydrogens (primary N) is 2. The smallest absolute Gasteiger partial charge is 0.289 e. The Bertz CT molecular complexity index is 1620. The van der Waals surface area contributed by atoms with Gasteiger partial charge in [0.2, 0.25) is 29.4 Å². The number of nitrogens with one attached hydrogen (secondary N) is 7. The van der Waals surface area contributed by atoms with Gasteiger partial charge in [-0.1, -0.05) is 52.2 Å². The number of rotatable bonds is 25. The Morgan fingerprint density at radius 3 is 1.85 bits per heavy atom. The summed E-state index contributed by atoms with van der Waals surface area (Å²) in [5, 5.41) is 35.9. The van der Waals surface area contributed by atoms with E-state index in [9.17, 15) is 53.4 Å². The Kier molecular flexibility index (Phi) is 22.5. The molecular formula is C38H62N10O11. The molecule has 0 saturated carbocycles. The van der Waals surface area contributed by atoms with E-state index in [1.807, 2.05) is 0 Å². The van der Waals surface area contributed by atoms with Crippen LogP contribution in [0.15, 0.2) is 24.3 Å². The minimum Gasteiger partial charge on any atom is -0.394 e. The summed E-state index contributed by atoms with van der Waals surface area (Å²) in [6, 6.07) is 1.22. The third-order valence-electron chi connectivity index (χ3n) is 8.99. The molecule has 330 valence electrons. The second-order valence-corrected chi connectivity index (χ2v) is 14.5. The summed E-state index contributed by atoms with van der Waals surface area (Å²) in [6.45, 7) is 6.50. The lowest BCUT2D eigenvalue weighted by Gasteiger charge is -2.30. The summed E-state index contributed by atoms with van der Waals surface area (Å²) in [5.41, 5.74) is 13.0. The van der Waals surface area contributed by atoms with E-state index in [1.165, 1.54) is 20.9 Å². The van der Waals surface area contributed by atoms with Crippen molar-refractivity contribution in [2.75, 3.05) is 27.2 Å². The lowest BCUT2D eigenvalue weighted by molar-refractivity contribution is -0.144. The van der Waals surface area contributed by atoms with Crippen LogP contribution in [0.25, 0.3) is 0 Å². The number of aryl methyl sites for hydroxylation is 1. The van der Waals surface area contributed by atoms with Crippen LogP contribution in [0, 0.1) is 5.92 Å². The molecular weight excluding hydrogens is 772 g/mol. The maximum absolute atomic E-state index is 13.2. The third-order valence-corrected chi connectivity index (χ3v) is 8.99. The van der Waals surface area contributed by atoms with E-state index in [0.717, 1.165) is 49.6 Å². The maximum atomic E-state index is 13.2. The fourth-order valence-electron chi connectivity index (χ4n) is 5.57. The van der Waals surface area contributed by atoms with Crippen molar-refractivity contribution < 1.29 is 53.4 Å². The zero-order valence-electron chi connectivity index (χ0n) is 34.8. The molecule has 0 spiro atoms. The van der Waals surface area contributed by atoms with Gasteiger partial charge in [0.25, 0.3) is 23.6 Å². The van der Waals surface area contributed by atoms with E-state index in [0.29, 0.717) is 0 Å². The number of aliphatic hydroxyl groups excluding tert-OH is 2. The summed E-state index contributed by atoms with van der Waals surface area (Å²) in [5.74, 6) is -8.52. The van der Waals surface area contributed by atoms with E-state index in [-0.39, 0.29) is 17.9 Å². The first-order chi connectivity index (χ1) is 27.7. The van der Waals surface area contributed by atoms with Crippen LogP contribution in [0.5, 0.6) is 0 Å². The zero-order valence-corrected chi connectivity index (χ0v) is 34.8. The molecule has 1 aromatic carbocycles. The number of amides is 8. The molecule has 0 fully saturated rings. The van der Waals surface area contributed by atoms with Crippen molar-refractivity contribution in [1.82, 2.24) is 42.1 Å². The second kappa shape index (κ2) is 25.8. The zero-order chi connectivity index (χ0) is 45.0. The number of carbonyl (C=O) groups is 9. The quantitative estimate of drug-likeness (QED) is 0.0258. The lowest BCUT2D eigenvalue weighted by atomic mass is 10.0. The van der Waals surface area contributed by atoms with Crippen LogP contribution >= 0.6 is 0 Å². The van der Waals surface area contributed by atoms with Gasteiger partial charge in [0.15, 0.2) is 12.3 Å². The molecule has 13 N–H and O–H groups in total. The molecule has 0 heterocycles. The average Bonchev–Trinajstić information content (AvgIpc) is 3.18. The Morgan fingerprint density at radius 2 is 1.31 bits per heavy atom. The van der Waals surface area contributed by atoms with Crippen LogP contribution < -0.4 is 48.7 Å². The second-order valence-electron chi connectivity index (χ2n) is 14.5. The minimum absolute atomic E-state index is 0.0819. The van der Waals surface area contributed by atoms with Crippen molar-refractivity contribution in [3.05, 3.63) is 35.4 Å². The van der Waals surface area contributed by atoms with Crippen molar-refractivity contribution >= 4 is 53.0 Å². The summed E-state index contributed by atoms with van der Waals surface area (Å²) >= 11 is 0. The van der Waals surface area contributed by atoms with Gasteiger partial charge in [-0.25, -0.2) is 0 Å². The number of carbonyl (C=O) groups excluding carboxylic acids is 9. The normalized spacial score (nSPS) is 14.5. The van der Waals surface area contributed by atoms with Crippen LogP contribution in [0.4, 0.5) is 0 Å². The van der Waals surface area contributed by atoms with Gasteiger partial charge >= 0.3 is 0 Å². The summed E-state index contributed by atoms with van der Waals surface area (Å²) < 4.78 is 0. The highest BCUT2D eigenvalue weighted by molar-refractivity contribution is 6.38. The summed E-state index contributed by atoms with van der Waals surface area (Å²) in [4.78, 5) is 115. The molecule has 0 bridgehead atoms. The van der Waals surface area contributed by atoms with Crippen molar-refractivity contribution in [3.63, 3.8) is 0 Å². The summed E-state index contributed by atoms with van der Waals surface area (Å²) in [6.07, 6.45) is 0.244. The molecule has 2 unspecified atom stereocenters. The molecule has 0 radical (unpaired) electrons. The number of Topliss-reactive ketones (excluding diaryl/α,β-unsaturated/α-hetero) is 1. The molecule has 1 aromatic rings. The van der Waals surface area contributed by atoms with Crippen LogP contribution in [-0.2, 0) is 44.8 Å². The van der Waals surface area contributed by atoms with Gasteiger partial charge in [0.1, 0.15) is 18.1 Å². The highest BCUT2D eigenvalue weighted by Crippen LogP contribution is 2.11. The molecule has 0 aliphatic rings. The number of unbranched alkanes of at least 4 members (excludes halogenated alkanes) is 3. The molecule has 7 atom stereocenters. The van der Waals surface area contributed by atoms with Gasteiger partial charge in [0, 0.05) is 19.7 Å². The highest BCUT2D eigenvalue weighted by Gasteiger charge is 2.35. The molecule has 59 heavy (non-hydrogen) atoms. The van der Waals surface area contributed by atoms with E-state index in [2.05, 4.69) is 44.1 Å². The van der Waals surface area contributed by atoms with E-state index >= 15 is 0 Å². The number of nitrogens with zero attached hydrogens (tertiary/aromatic N) is 1. The van der Waals surface area contributed by atoms with Gasteiger partial charge in [-0.05, 0) is 56.7 Å². The number of likely N-dealkylation sites (N-methyl/N-ethyl adjacent to an activating group) is 2. The predicted molar refractivity (Wildman–Crippen MR) is 214 cm³/mol. The Balaban J connectivity index is 2.80. The van der Waals surface area contributed by atoms with Gasteiger partial charge in [-0.2, -0.15) is 0 Å². The van der Waals surface area contributed by atoms with E-state index < -0.39 is 109 Å². The molecule has 0 saturated heterocycles. The van der Waals surface area contributed by atoms with Gasteiger partial charge < -0.3 is 63.8 Å². The predicted octanol–water partition coefficient (Wildman–Crippen LogP) is -3.62. The maximum Gasteiger partial charge on any atom is 0.289 e. The third kappa shape index (κ3) is 17.5. The largest absolute Gasteiger partial charge is 0.394 e. The Hall–Kier alpha value is -5.51. The van der Waals surface area contributed by atoms with Crippen molar-refractivity contribution in [1.29, 1.82) is 0 Å². The topological polar surface area (TPSA) is 334 Å². The fraction of sp³-hybridized carbons (Fsp3) is 0.605. The summed E-state index contributed by atoms with van der Waals surface area (Å²) in [7, 11) is 2.37. The average molecular weight is 835 g/mol. The molecule has 21 heteroatoms. The van der Waals surface area contributed by atoms with Crippen molar-refractivity contribution in [2.45, 2.75) is 116 Å². The lowest BCUT2D eigenvalue weighted by Crippen LogP contribution is -2.62. The molecule has 0 aliphatic carbocycles. The monoisotopic (exact) mass is 834 g/mol. The molecule has 8 amide bonds. The van der Waals surface area contributed by atoms with E-state index in [1.54, 1.807) is 38.1 Å². The first kappa shape index (κ1) is 51.5.